The summed E-state index contributed by atoms with van der Waals surface area (Å²) < 4.78 is 5.45. The predicted molar refractivity (Wildman–Crippen MR) is 101 cm³/mol. The van der Waals surface area contributed by atoms with E-state index in [-0.39, 0.29) is 22.8 Å². The van der Waals surface area contributed by atoms with Crippen molar-refractivity contribution in [2.75, 3.05) is 25.3 Å². The topological polar surface area (TPSA) is 56.6 Å². The Hall–Kier alpha value is -1.58. The molecule has 0 bridgehead atoms. The van der Waals surface area contributed by atoms with E-state index in [1.54, 1.807) is 7.11 Å². The summed E-state index contributed by atoms with van der Waals surface area (Å²) in [5.41, 5.74) is 2.48. The van der Waals surface area contributed by atoms with Crippen LogP contribution in [0.5, 0.6) is 0 Å². The lowest BCUT2D eigenvalue weighted by molar-refractivity contribution is -0.134. The number of halogens is 1. The third-order valence-electron chi connectivity index (χ3n) is 5.37. The van der Waals surface area contributed by atoms with Gasteiger partial charge in [0.2, 0.25) is 5.91 Å². The smallest absolute Gasteiger partial charge is 0.236 e. The van der Waals surface area contributed by atoms with Crippen LogP contribution in [0, 0.1) is 11.3 Å². The van der Waals surface area contributed by atoms with Crippen LogP contribution in [0.15, 0.2) is 24.3 Å². The number of para-hydroxylation sites is 1. The van der Waals surface area contributed by atoms with Crippen LogP contribution in [0.2, 0.25) is 0 Å². The number of alkyl halides is 1. The minimum Gasteiger partial charge on any atom is -0.364 e. The second-order valence-electron chi connectivity index (χ2n) is 6.67. The monoisotopic (exact) mass is 405 g/mol. The van der Waals surface area contributed by atoms with Crippen molar-refractivity contribution in [3.63, 3.8) is 0 Å². The van der Waals surface area contributed by atoms with Crippen molar-refractivity contribution in [3.05, 3.63) is 29.8 Å². The Balaban J connectivity index is 1.98. The van der Waals surface area contributed by atoms with Crippen molar-refractivity contribution >= 4 is 27.5 Å². The number of piperidine rings is 1. The molecular weight excluding hydrogens is 382 g/mol. The van der Waals surface area contributed by atoms with E-state index in [4.69, 9.17) is 4.74 Å². The molecule has 134 valence electrons. The second kappa shape index (κ2) is 7.76. The highest BCUT2D eigenvalue weighted by molar-refractivity contribution is 9.10. The zero-order chi connectivity index (χ0) is 18.0. The first-order valence-electron chi connectivity index (χ1n) is 8.80. The molecule has 3 rings (SSSR count). The molecule has 3 unspecified atom stereocenters. The molecule has 4 atom stereocenters. The van der Waals surface area contributed by atoms with Crippen molar-refractivity contribution in [2.45, 2.75) is 49.0 Å². The van der Waals surface area contributed by atoms with Crippen LogP contribution < -0.4 is 4.90 Å². The predicted octanol–water partition coefficient (Wildman–Crippen LogP) is 3.25. The Morgan fingerprint density at radius 1 is 1.48 bits per heavy atom. The zero-order valence-electron chi connectivity index (χ0n) is 14.7. The number of hydrogen-bond donors (Lipinski definition) is 0. The number of likely N-dealkylation sites (tertiary alicyclic amines) is 1. The third kappa shape index (κ3) is 3.16. The number of rotatable bonds is 5. The molecule has 1 amide bonds. The van der Waals surface area contributed by atoms with Crippen LogP contribution in [-0.4, -0.2) is 48.1 Å². The first kappa shape index (κ1) is 18.2. The van der Waals surface area contributed by atoms with Gasteiger partial charge in [-0.15, -0.1) is 0 Å². The van der Waals surface area contributed by atoms with Gasteiger partial charge < -0.3 is 14.5 Å². The Bertz CT molecular complexity index is 675. The molecule has 0 spiro atoms. The largest absolute Gasteiger partial charge is 0.364 e. The lowest BCUT2D eigenvalue weighted by Gasteiger charge is -2.46. The van der Waals surface area contributed by atoms with Crippen molar-refractivity contribution < 1.29 is 9.53 Å². The minimum absolute atomic E-state index is 0.0891. The number of carbonyl (C=O) groups excluding carboxylic acids is 1. The average molecular weight is 406 g/mol. The summed E-state index contributed by atoms with van der Waals surface area (Å²) in [5.74, 6) is 0.429. The number of amides is 1. The fourth-order valence-electron chi connectivity index (χ4n) is 4.30. The molecule has 1 saturated heterocycles. The summed E-state index contributed by atoms with van der Waals surface area (Å²) in [5, 5.41) is 9.42. The lowest BCUT2D eigenvalue weighted by atomic mass is 9.82. The van der Waals surface area contributed by atoms with Gasteiger partial charge in [0.05, 0.1) is 29.4 Å². The van der Waals surface area contributed by atoms with Gasteiger partial charge in [-0.3, -0.25) is 4.79 Å². The van der Waals surface area contributed by atoms with E-state index in [1.165, 1.54) is 11.3 Å². The quantitative estimate of drug-likeness (QED) is 0.705. The molecule has 1 aromatic rings. The van der Waals surface area contributed by atoms with Gasteiger partial charge in [0.15, 0.2) is 0 Å². The van der Waals surface area contributed by atoms with Crippen LogP contribution in [0.4, 0.5) is 5.69 Å². The molecule has 0 radical (unpaired) electrons. The molecule has 0 N–H and O–H groups in total. The average Bonchev–Trinajstić information content (AvgIpc) is 2.96. The van der Waals surface area contributed by atoms with Crippen molar-refractivity contribution in [1.29, 1.82) is 5.26 Å². The maximum absolute atomic E-state index is 12.9. The van der Waals surface area contributed by atoms with E-state index in [0.717, 1.165) is 12.8 Å². The van der Waals surface area contributed by atoms with Gasteiger partial charge in [-0.1, -0.05) is 41.1 Å². The summed E-state index contributed by atoms with van der Waals surface area (Å²) in [6, 6.07) is 10.7. The van der Waals surface area contributed by atoms with Gasteiger partial charge in [-0.05, 0) is 24.5 Å². The molecule has 2 aliphatic rings. The number of carbonyl (C=O) groups is 1. The molecule has 1 fully saturated rings. The summed E-state index contributed by atoms with van der Waals surface area (Å²) in [6.45, 7) is 3.16. The van der Waals surface area contributed by atoms with E-state index in [1.807, 2.05) is 17.9 Å². The maximum Gasteiger partial charge on any atom is 0.236 e. The molecule has 1 aromatic carbocycles. The minimum atomic E-state index is -0.190. The Morgan fingerprint density at radius 2 is 2.24 bits per heavy atom. The highest BCUT2D eigenvalue weighted by Gasteiger charge is 2.49. The van der Waals surface area contributed by atoms with E-state index < -0.39 is 0 Å². The normalized spacial score (nSPS) is 25.9. The third-order valence-corrected chi connectivity index (χ3v) is 6.41. The molecule has 0 aliphatic carbocycles. The molecule has 25 heavy (non-hydrogen) atoms. The lowest BCUT2D eigenvalue weighted by Crippen LogP contribution is -2.59. The number of anilines is 1. The number of nitrogens with zero attached hydrogens (tertiary/aromatic N) is 3. The van der Waals surface area contributed by atoms with Gasteiger partial charge in [0.1, 0.15) is 6.73 Å². The Labute approximate surface area is 157 Å². The molecule has 0 saturated carbocycles. The number of methoxy groups -OCH3 is 1. The fourth-order valence-corrected chi connectivity index (χ4v) is 4.57. The maximum atomic E-state index is 12.9. The standard InChI is InChI=1S/C19H24BrN3O2/c1-3-15(20)19(24)22-11-9-14-13-6-4-5-7-16(13)23(12-25-2)18(14)17(22)8-10-21/h4-7,14-15,17-18H,3,8-9,11-12H2,1-2H3/t14?,15?,17-,18?/m0/s1. The number of nitriles is 1. The number of ether oxygens (including phenoxy) is 1. The van der Waals surface area contributed by atoms with Gasteiger partial charge >= 0.3 is 0 Å². The number of fused-ring (bicyclic) bond motifs is 3. The van der Waals surface area contributed by atoms with Gasteiger partial charge in [-0.25, -0.2) is 0 Å². The van der Waals surface area contributed by atoms with Gasteiger partial charge in [0.25, 0.3) is 0 Å². The van der Waals surface area contributed by atoms with Crippen LogP contribution in [0.1, 0.15) is 37.7 Å². The number of hydrogen-bond acceptors (Lipinski definition) is 4. The van der Waals surface area contributed by atoms with Crippen LogP contribution in [-0.2, 0) is 9.53 Å². The second-order valence-corrected chi connectivity index (χ2v) is 7.77. The highest BCUT2D eigenvalue weighted by Crippen LogP contribution is 2.47. The van der Waals surface area contributed by atoms with Crippen molar-refractivity contribution in [3.8, 4) is 6.07 Å². The highest BCUT2D eigenvalue weighted by atomic mass is 79.9. The first-order chi connectivity index (χ1) is 12.1. The fraction of sp³-hybridized carbons (Fsp3) is 0.579. The molecule has 2 heterocycles. The molecular formula is C19H24BrN3O2. The van der Waals surface area contributed by atoms with Gasteiger partial charge in [-0.2, -0.15) is 5.26 Å². The summed E-state index contributed by atoms with van der Waals surface area (Å²) >= 11 is 3.49. The van der Waals surface area contributed by atoms with Crippen molar-refractivity contribution in [1.82, 2.24) is 4.90 Å². The molecule has 0 aromatic heterocycles. The first-order valence-corrected chi connectivity index (χ1v) is 9.71. The molecule has 5 nitrogen and oxygen atoms in total. The molecule has 6 heteroatoms. The summed E-state index contributed by atoms with van der Waals surface area (Å²) in [6.07, 6.45) is 1.99. The zero-order valence-corrected chi connectivity index (χ0v) is 16.3. The van der Waals surface area contributed by atoms with E-state index in [9.17, 15) is 10.1 Å². The van der Waals surface area contributed by atoms with Crippen LogP contribution in [0.25, 0.3) is 0 Å². The molecule has 2 aliphatic heterocycles. The number of benzene rings is 1. The van der Waals surface area contributed by atoms with Crippen LogP contribution in [0.3, 0.4) is 0 Å². The summed E-state index contributed by atoms with van der Waals surface area (Å²) in [4.78, 5) is 16.8. The van der Waals surface area contributed by atoms with E-state index in [2.05, 4.69) is 45.1 Å². The Kier molecular flexibility index (Phi) is 5.65. The van der Waals surface area contributed by atoms with E-state index in [0.29, 0.717) is 25.6 Å². The van der Waals surface area contributed by atoms with E-state index >= 15 is 0 Å². The Morgan fingerprint density at radius 3 is 2.92 bits per heavy atom. The van der Waals surface area contributed by atoms with Crippen molar-refractivity contribution in [2.24, 2.45) is 0 Å². The van der Waals surface area contributed by atoms with Crippen LogP contribution >= 0.6 is 15.9 Å². The SMILES string of the molecule is CCC(Br)C(=O)N1CCC2c3ccccc3N(COC)C2[C@@H]1CC#N. The van der Waals surface area contributed by atoms with Gasteiger partial charge in [0, 0.05) is 25.3 Å². The summed E-state index contributed by atoms with van der Waals surface area (Å²) in [7, 11) is 1.69.